The number of H-pyrrole nitrogens is 1. The van der Waals surface area contributed by atoms with Gasteiger partial charge in [0.1, 0.15) is 6.26 Å². The topological polar surface area (TPSA) is 98.0 Å². The van der Waals surface area contributed by atoms with Gasteiger partial charge in [0.15, 0.2) is 5.88 Å². The maximum atomic E-state index is 13.3. The fraction of sp³-hybridized carbons (Fsp3) is 0.286. The molecule has 5 aromatic rings. The second kappa shape index (κ2) is 11.2. The van der Waals surface area contributed by atoms with Crippen molar-refractivity contribution >= 4 is 33.9 Å². The van der Waals surface area contributed by atoms with Crippen LogP contribution in [0.25, 0.3) is 22.4 Å². The number of benzene rings is 3. The second-order valence-electron chi connectivity index (χ2n) is 11.9. The lowest BCUT2D eigenvalue weighted by atomic mass is 9.71. The molecule has 0 spiro atoms. The number of piperidine rings is 2. The van der Waals surface area contributed by atoms with Crippen molar-refractivity contribution in [1.82, 2.24) is 14.9 Å². The van der Waals surface area contributed by atoms with Crippen LogP contribution in [0.4, 0.5) is 11.4 Å². The first kappa shape index (κ1) is 27.2. The number of nitrogens with one attached hydrogen (secondary N) is 1. The van der Waals surface area contributed by atoms with E-state index < -0.39 is 0 Å². The monoisotopic (exact) mass is 573 g/mol. The van der Waals surface area contributed by atoms with Crippen LogP contribution >= 0.6 is 0 Å². The molecule has 2 bridgehead atoms. The molecule has 3 aliphatic rings. The van der Waals surface area contributed by atoms with Crippen molar-refractivity contribution in [3.8, 4) is 17.3 Å². The van der Waals surface area contributed by atoms with E-state index in [0.29, 0.717) is 41.5 Å². The third-order valence-corrected chi connectivity index (χ3v) is 9.29. The lowest BCUT2D eigenvalue weighted by Crippen LogP contribution is -2.50. The smallest absolute Gasteiger partial charge is 0.227 e. The molecule has 2 aromatic heterocycles. The molecule has 2 N–H and O–H groups in total. The zero-order valence-electron chi connectivity index (χ0n) is 24.4. The number of nitrogens with zero attached hydrogens (tertiary/aromatic N) is 4. The van der Waals surface area contributed by atoms with Crippen molar-refractivity contribution in [2.75, 3.05) is 25.5 Å². The van der Waals surface area contributed by atoms with Gasteiger partial charge in [0.2, 0.25) is 11.8 Å². The molecule has 8 rings (SSSR count). The molecule has 3 unspecified atom stereocenters. The summed E-state index contributed by atoms with van der Waals surface area (Å²) in [5.41, 5.74) is 5.26. The second-order valence-corrected chi connectivity index (χ2v) is 11.9. The summed E-state index contributed by atoms with van der Waals surface area (Å²) in [5, 5.41) is 11.9. The number of rotatable bonds is 7. The molecule has 2 saturated heterocycles. The Morgan fingerprint density at radius 1 is 1.12 bits per heavy atom. The van der Waals surface area contributed by atoms with E-state index >= 15 is 0 Å². The standard InChI is InChI=1S/C35H35N5O3/c1-39-21-24-8-12-28(39)18-25(24)20-31(41)40(2)27-13-10-26(11-14-27)37-33(22-6-4-3-5-7-22)32-29-15-9-23(35-36-16-17-43-35)19-30(29)38-34(32)42/h3-7,9-11,13-17,19,24-25,28,38,42H,8,12,18,20-21H2,1-2H3. The quantitative estimate of drug-likeness (QED) is 0.209. The number of aromatic hydroxyl groups is 1. The van der Waals surface area contributed by atoms with Gasteiger partial charge >= 0.3 is 0 Å². The van der Waals surface area contributed by atoms with Gasteiger partial charge in [-0.15, -0.1) is 0 Å². The molecule has 4 heterocycles. The van der Waals surface area contributed by atoms with Crippen LogP contribution in [-0.4, -0.2) is 58.3 Å². The Morgan fingerprint density at radius 3 is 2.63 bits per heavy atom. The van der Waals surface area contributed by atoms with Crippen LogP contribution in [0.3, 0.4) is 0 Å². The first-order valence-electron chi connectivity index (χ1n) is 14.9. The predicted molar refractivity (Wildman–Crippen MR) is 169 cm³/mol. The normalized spacial score (nSPS) is 20.5. The van der Waals surface area contributed by atoms with E-state index in [0.717, 1.165) is 46.4 Å². The number of hydrogen-bond donors (Lipinski definition) is 2. The highest BCUT2D eigenvalue weighted by atomic mass is 16.3. The Balaban J connectivity index is 1.17. The third kappa shape index (κ3) is 5.23. The number of amides is 1. The van der Waals surface area contributed by atoms with Crippen LogP contribution in [0.5, 0.6) is 5.88 Å². The van der Waals surface area contributed by atoms with Crippen LogP contribution in [-0.2, 0) is 4.79 Å². The fourth-order valence-corrected chi connectivity index (χ4v) is 6.88. The van der Waals surface area contributed by atoms with Crippen molar-refractivity contribution < 1.29 is 14.3 Å². The van der Waals surface area contributed by atoms with E-state index in [2.05, 4.69) is 21.9 Å². The first-order valence-corrected chi connectivity index (χ1v) is 14.9. The number of aromatic nitrogens is 2. The molecule has 218 valence electrons. The van der Waals surface area contributed by atoms with Crippen molar-refractivity contribution in [1.29, 1.82) is 0 Å². The summed E-state index contributed by atoms with van der Waals surface area (Å²) in [7, 11) is 4.07. The zero-order valence-corrected chi connectivity index (χ0v) is 24.4. The average molecular weight is 574 g/mol. The lowest BCUT2D eigenvalue weighted by Gasteiger charge is -2.48. The van der Waals surface area contributed by atoms with Crippen molar-refractivity contribution in [2.24, 2.45) is 16.8 Å². The zero-order chi connectivity index (χ0) is 29.5. The van der Waals surface area contributed by atoms with Gasteiger partial charge in [-0.3, -0.25) is 4.79 Å². The van der Waals surface area contributed by atoms with Gasteiger partial charge < -0.3 is 24.3 Å². The average Bonchev–Trinajstić information content (AvgIpc) is 3.68. The van der Waals surface area contributed by atoms with E-state index in [1.807, 2.05) is 79.8 Å². The minimum Gasteiger partial charge on any atom is -0.494 e. The Labute approximate surface area is 250 Å². The molecule has 1 saturated carbocycles. The van der Waals surface area contributed by atoms with Gasteiger partial charge in [0, 0.05) is 53.8 Å². The minimum absolute atomic E-state index is 0.0340. The van der Waals surface area contributed by atoms with Gasteiger partial charge in [0.25, 0.3) is 0 Å². The number of carbonyl (C=O) groups excluding carboxylic acids is 1. The first-order chi connectivity index (χ1) is 20.9. The van der Waals surface area contributed by atoms with E-state index in [1.165, 1.54) is 19.1 Å². The molecule has 1 aliphatic carbocycles. The molecule has 0 radical (unpaired) electrons. The summed E-state index contributed by atoms with van der Waals surface area (Å²) in [4.78, 5) is 29.9. The van der Waals surface area contributed by atoms with Crippen molar-refractivity contribution in [3.05, 3.63) is 96.4 Å². The van der Waals surface area contributed by atoms with E-state index in [9.17, 15) is 9.90 Å². The van der Waals surface area contributed by atoms with Gasteiger partial charge in [-0.05, 0) is 74.5 Å². The summed E-state index contributed by atoms with van der Waals surface area (Å²) in [6.07, 6.45) is 7.36. The number of fused-ring (bicyclic) bond motifs is 4. The predicted octanol–water partition coefficient (Wildman–Crippen LogP) is 6.78. The molecule has 2 aliphatic heterocycles. The Kier molecular flexibility index (Phi) is 7.07. The van der Waals surface area contributed by atoms with E-state index in [4.69, 9.17) is 9.41 Å². The Hall–Kier alpha value is -4.69. The summed E-state index contributed by atoms with van der Waals surface area (Å²) in [6.45, 7) is 1.11. The molecule has 3 fully saturated rings. The summed E-state index contributed by atoms with van der Waals surface area (Å²) in [5.74, 6) is 1.80. The van der Waals surface area contributed by atoms with Crippen molar-refractivity contribution in [2.45, 2.75) is 31.7 Å². The molecule has 1 amide bonds. The van der Waals surface area contributed by atoms with E-state index in [-0.39, 0.29) is 11.8 Å². The molecular weight excluding hydrogens is 538 g/mol. The Morgan fingerprint density at radius 2 is 1.93 bits per heavy atom. The maximum absolute atomic E-state index is 13.3. The van der Waals surface area contributed by atoms with Crippen LogP contribution in [0.2, 0.25) is 0 Å². The summed E-state index contributed by atoms with van der Waals surface area (Å²) in [6, 6.07) is 24.0. The highest BCUT2D eigenvalue weighted by molar-refractivity contribution is 6.22. The van der Waals surface area contributed by atoms with Gasteiger partial charge in [-0.1, -0.05) is 36.4 Å². The molecule has 3 atom stereocenters. The highest BCUT2D eigenvalue weighted by Crippen LogP contribution is 2.40. The summed E-state index contributed by atoms with van der Waals surface area (Å²) < 4.78 is 5.46. The SMILES string of the molecule is CN(C(=O)CC1CC2CCC1CN2C)c1ccc(N=C(c2ccccc2)c2c(O)[nH]c3cc(-c4ncco4)ccc23)cc1. The number of anilines is 1. The number of hydrogen-bond acceptors (Lipinski definition) is 6. The van der Waals surface area contributed by atoms with Crippen molar-refractivity contribution in [3.63, 3.8) is 0 Å². The molecule has 3 aromatic carbocycles. The van der Waals surface area contributed by atoms with Gasteiger partial charge in [0.05, 0.1) is 23.2 Å². The number of oxazole rings is 1. The largest absolute Gasteiger partial charge is 0.494 e. The molecule has 8 nitrogen and oxygen atoms in total. The number of carbonyl (C=O) groups is 1. The molecular formula is C35H35N5O3. The molecule has 8 heteroatoms. The van der Waals surface area contributed by atoms with Gasteiger partial charge in [-0.25, -0.2) is 9.98 Å². The fourth-order valence-electron chi connectivity index (χ4n) is 6.88. The van der Waals surface area contributed by atoms with Crippen LogP contribution in [0, 0.1) is 11.8 Å². The third-order valence-electron chi connectivity index (χ3n) is 9.29. The highest BCUT2D eigenvalue weighted by Gasteiger charge is 2.39. The van der Waals surface area contributed by atoms with Crippen LogP contribution in [0.15, 0.2) is 94.7 Å². The van der Waals surface area contributed by atoms with E-state index in [1.54, 1.807) is 11.1 Å². The Bertz CT molecular complexity index is 1780. The van der Waals surface area contributed by atoms with Gasteiger partial charge in [-0.2, -0.15) is 0 Å². The van der Waals surface area contributed by atoms with Crippen LogP contribution < -0.4 is 4.90 Å². The lowest BCUT2D eigenvalue weighted by molar-refractivity contribution is -0.121. The molecule has 43 heavy (non-hydrogen) atoms. The number of aliphatic imine (C=N–C) groups is 1. The number of aromatic amines is 1. The maximum Gasteiger partial charge on any atom is 0.227 e. The van der Waals surface area contributed by atoms with Crippen LogP contribution in [0.1, 0.15) is 36.8 Å². The summed E-state index contributed by atoms with van der Waals surface area (Å²) >= 11 is 0. The minimum atomic E-state index is 0.0340.